The lowest BCUT2D eigenvalue weighted by Gasteiger charge is -2.25. The van der Waals surface area contributed by atoms with Crippen molar-refractivity contribution in [3.05, 3.63) is 123 Å². The zero-order valence-corrected chi connectivity index (χ0v) is 26.2. The maximum atomic E-state index is 14.1. The lowest BCUT2D eigenvalue weighted by molar-refractivity contribution is -0.139. The van der Waals surface area contributed by atoms with Crippen molar-refractivity contribution in [3.63, 3.8) is 0 Å². The van der Waals surface area contributed by atoms with E-state index in [4.69, 9.17) is 25.8 Å². The molecular formula is C31H26ClIN2O5S. The van der Waals surface area contributed by atoms with Crippen molar-refractivity contribution in [3.8, 4) is 11.5 Å². The first-order valence-corrected chi connectivity index (χ1v) is 15.1. The van der Waals surface area contributed by atoms with Crippen LogP contribution < -0.4 is 24.4 Å². The zero-order valence-electron chi connectivity index (χ0n) is 22.5. The summed E-state index contributed by atoms with van der Waals surface area (Å²) < 4.78 is 20.1. The number of carbonyl (C=O) groups is 1. The molecule has 2 heterocycles. The van der Waals surface area contributed by atoms with Crippen LogP contribution in [0.15, 0.2) is 87.8 Å². The number of fused-ring (bicyclic) bond motifs is 1. The number of methoxy groups -OCH3 is 1. The SMILES string of the molecule is CCOC(=O)C1=C(C)N=c2s/c(=C\c3cc(I)cc(OC)c3OCc3ccccc3)c(=O)n2[C@@H]1c1ccccc1Cl. The average molecular weight is 701 g/mol. The van der Waals surface area contributed by atoms with Gasteiger partial charge in [-0.1, -0.05) is 71.5 Å². The van der Waals surface area contributed by atoms with Crippen LogP contribution in [0.2, 0.25) is 5.02 Å². The fraction of sp³-hybridized carbons (Fsp3) is 0.194. The number of esters is 1. The third-order valence-corrected chi connectivity index (χ3v) is 8.45. The van der Waals surface area contributed by atoms with E-state index in [0.717, 1.165) is 9.13 Å². The molecule has 0 N–H and O–H groups in total. The maximum Gasteiger partial charge on any atom is 0.338 e. The van der Waals surface area contributed by atoms with Gasteiger partial charge < -0.3 is 14.2 Å². The Morgan fingerprint density at radius 2 is 1.88 bits per heavy atom. The summed E-state index contributed by atoms with van der Waals surface area (Å²) in [6, 6.07) is 20.0. The third-order valence-electron chi connectivity index (χ3n) is 6.50. The van der Waals surface area contributed by atoms with Crippen molar-refractivity contribution >= 4 is 57.6 Å². The van der Waals surface area contributed by atoms with Crippen molar-refractivity contribution in [2.75, 3.05) is 13.7 Å². The number of hydrogen-bond acceptors (Lipinski definition) is 7. The van der Waals surface area contributed by atoms with Crippen molar-refractivity contribution in [1.82, 2.24) is 4.57 Å². The number of hydrogen-bond donors (Lipinski definition) is 0. The number of allylic oxidation sites excluding steroid dienone is 1. The van der Waals surface area contributed by atoms with Gasteiger partial charge in [0.25, 0.3) is 5.56 Å². The molecule has 0 aliphatic carbocycles. The molecule has 0 saturated carbocycles. The summed E-state index contributed by atoms with van der Waals surface area (Å²) in [5.74, 6) is 0.543. The highest BCUT2D eigenvalue weighted by atomic mass is 127. The number of aromatic nitrogens is 1. The van der Waals surface area contributed by atoms with Gasteiger partial charge in [0.2, 0.25) is 0 Å². The number of rotatable bonds is 8. The minimum Gasteiger partial charge on any atom is -0.493 e. The molecule has 0 saturated heterocycles. The number of benzene rings is 3. The highest BCUT2D eigenvalue weighted by molar-refractivity contribution is 14.1. The van der Waals surface area contributed by atoms with Gasteiger partial charge in [0.1, 0.15) is 12.6 Å². The smallest absolute Gasteiger partial charge is 0.338 e. The van der Waals surface area contributed by atoms with E-state index in [1.54, 1.807) is 39.2 Å². The highest BCUT2D eigenvalue weighted by Crippen LogP contribution is 2.36. The molecule has 0 bridgehead atoms. The predicted octanol–water partition coefficient (Wildman–Crippen LogP) is 5.64. The van der Waals surface area contributed by atoms with E-state index in [9.17, 15) is 9.59 Å². The maximum absolute atomic E-state index is 14.1. The van der Waals surface area contributed by atoms with Gasteiger partial charge in [-0.25, -0.2) is 9.79 Å². The fourth-order valence-electron chi connectivity index (χ4n) is 4.66. The molecule has 0 radical (unpaired) electrons. The molecule has 1 aliphatic heterocycles. The van der Waals surface area contributed by atoms with E-state index in [1.807, 2.05) is 54.6 Å². The van der Waals surface area contributed by atoms with E-state index in [1.165, 1.54) is 15.9 Å². The van der Waals surface area contributed by atoms with Crippen LogP contribution in [-0.2, 0) is 16.1 Å². The molecule has 1 atom stereocenters. The van der Waals surface area contributed by atoms with Crippen LogP contribution in [0.5, 0.6) is 11.5 Å². The standard InChI is InChI=1S/C31H26ClIN2O5S/c1-4-39-30(37)26-18(2)34-31-35(27(26)22-12-8-9-13-23(22)32)29(36)25(41-31)15-20-14-21(33)16-24(38-3)28(20)40-17-19-10-6-5-7-11-19/h5-16,27H,4,17H2,1-3H3/b25-15-/t27-/m1/s1. The van der Waals surface area contributed by atoms with Crippen molar-refractivity contribution in [1.29, 1.82) is 0 Å². The Balaban J connectivity index is 1.69. The van der Waals surface area contributed by atoms with Crippen LogP contribution in [0.3, 0.4) is 0 Å². The minimum atomic E-state index is -0.791. The largest absolute Gasteiger partial charge is 0.493 e. The number of nitrogens with zero attached hydrogens (tertiary/aromatic N) is 2. The minimum absolute atomic E-state index is 0.190. The number of thiazole rings is 1. The monoisotopic (exact) mass is 700 g/mol. The van der Waals surface area contributed by atoms with Crippen LogP contribution in [-0.4, -0.2) is 24.3 Å². The molecule has 1 aromatic heterocycles. The molecule has 0 spiro atoms. The van der Waals surface area contributed by atoms with Crippen molar-refractivity contribution in [2.45, 2.75) is 26.5 Å². The van der Waals surface area contributed by atoms with Gasteiger partial charge in [-0.2, -0.15) is 0 Å². The van der Waals surface area contributed by atoms with Gasteiger partial charge >= 0.3 is 5.97 Å². The lowest BCUT2D eigenvalue weighted by atomic mass is 9.96. The molecular weight excluding hydrogens is 675 g/mol. The molecule has 7 nitrogen and oxygen atoms in total. The molecule has 210 valence electrons. The van der Waals surface area contributed by atoms with E-state index < -0.39 is 12.0 Å². The number of ether oxygens (including phenoxy) is 3. The highest BCUT2D eigenvalue weighted by Gasteiger charge is 2.34. The Morgan fingerprint density at radius 1 is 1.15 bits per heavy atom. The summed E-state index contributed by atoms with van der Waals surface area (Å²) in [6.45, 7) is 4.00. The van der Waals surface area contributed by atoms with Gasteiger partial charge in [-0.15, -0.1) is 0 Å². The lowest BCUT2D eigenvalue weighted by Crippen LogP contribution is -2.40. The topological polar surface area (TPSA) is 79.1 Å². The molecule has 0 amide bonds. The molecule has 3 aromatic carbocycles. The van der Waals surface area contributed by atoms with Gasteiger partial charge in [-0.3, -0.25) is 9.36 Å². The van der Waals surface area contributed by atoms with Crippen LogP contribution >= 0.6 is 45.5 Å². The Bertz CT molecular complexity index is 1830. The van der Waals surface area contributed by atoms with E-state index in [2.05, 4.69) is 27.6 Å². The van der Waals surface area contributed by atoms with Gasteiger partial charge in [0, 0.05) is 14.2 Å². The van der Waals surface area contributed by atoms with Crippen molar-refractivity contribution in [2.24, 2.45) is 4.99 Å². The van der Waals surface area contributed by atoms with E-state index in [-0.39, 0.29) is 17.7 Å². The van der Waals surface area contributed by atoms with Crippen LogP contribution in [0, 0.1) is 3.57 Å². The van der Waals surface area contributed by atoms with Crippen molar-refractivity contribution < 1.29 is 19.0 Å². The third kappa shape index (κ3) is 5.98. The predicted molar refractivity (Wildman–Crippen MR) is 168 cm³/mol. The first kappa shape index (κ1) is 29.1. The van der Waals surface area contributed by atoms with E-state index >= 15 is 0 Å². The second kappa shape index (κ2) is 12.6. The molecule has 0 unspecified atom stereocenters. The summed E-state index contributed by atoms with van der Waals surface area (Å²) in [5, 5.41) is 0.433. The Labute approximate surface area is 259 Å². The summed E-state index contributed by atoms with van der Waals surface area (Å²) in [5.41, 5.74) is 2.75. The summed E-state index contributed by atoms with van der Waals surface area (Å²) in [6.07, 6.45) is 1.78. The Kier molecular flexibility index (Phi) is 8.96. The average Bonchev–Trinajstić information content (AvgIpc) is 3.26. The first-order chi connectivity index (χ1) is 19.8. The fourth-order valence-corrected chi connectivity index (χ4v) is 6.55. The van der Waals surface area contributed by atoms with E-state index in [0.29, 0.717) is 49.3 Å². The summed E-state index contributed by atoms with van der Waals surface area (Å²) in [4.78, 5) is 32.3. The summed E-state index contributed by atoms with van der Waals surface area (Å²) >= 11 is 10.0. The Morgan fingerprint density at radius 3 is 2.59 bits per heavy atom. The molecule has 41 heavy (non-hydrogen) atoms. The molecule has 1 aliphatic rings. The van der Waals surface area contributed by atoms with Gasteiger partial charge in [0.15, 0.2) is 16.3 Å². The van der Waals surface area contributed by atoms with Gasteiger partial charge in [-0.05, 0) is 71.8 Å². The normalized spacial score (nSPS) is 14.9. The quantitative estimate of drug-likeness (QED) is 0.176. The van der Waals surface area contributed by atoms with Crippen LogP contribution in [0.4, 0.5) is 0 Å². The zero-order chi connectivity index (χ0) is 29.1. The summed E-state index contributed by atoms with van der Waals surface area (Å²) in [7, 11) is 1.59. The molecule has 5 rings (SSSR count). The van der Waals surface area contributed by atoms with Crippen LogP contribution in [0.25, 0.3) is 6.08 Å². The number of halogens is 2. The molecule has 0 fully saturated rings. The van der Waals surface area contributed by atoms with Crippen LogP contribution in [0.1, 0.15) is 36.6 Å². The second-order valence-electron chi connectivity index (χ2n) is 9.12. The first-order valence-electron chi connectivity index (χ1n) is 12.8. The number of carbonyl (C=O) groups excluding carboxylic acids is 1. The molecule has 10 heteroatoms. The second-order valence-corrected chi connectivity index (χ2v) is 11.8. The molecule has 4 aromatic rings. The Hall–Kier alpha value is -3.41. The van der Waals surface area contributed by atoms with Gasteiger partial charge in [0.05, 0.1) is 29.5 Å².